The van der Waals surface area contributed by atoms with Gasteiger partial charge in [-0.1, -0.05) is 12.1 Å². The van der Waals surface area contributed by atoms with Crippen LogP contribution < -0.4 is 11.1 Å². The molecule has 1 aliphatic heterocycles. The lowest BCUT2D eigenvalue weighted by Gasteiger charge is -2.20. The Morgan fingerprint density at radius 3 is 3.14 bits per heavy atom. The number of imidazole rings is 1. The number of hydrogen-bond donors (Lipinski definition) is 2. The van der Waals surface area contributed by atoms with Crippen molar-refractivity contribution < 1.29 is 9.53 Å². The van der Waals surface area contributed by atoms with E-state index in [-0.39, 0.29) is 5.91 Å². The zero-order chi connectivity index (χ0) is 14.7. The number of nitrogens with two attached hydrogens (primary N) is 1. The fourth-order valence-corrected chi connectivity index (χ4v) is 2.58. The molecule has 1 aromatic carbocycles. The van der Waals surface area contributed by atoms with E-state index in [0.717, 1.165) is 24.0 Å². The summed E-state index contributed by atoms with van der Waals surface area (Å²) in [7, 11) is 0. The minimum absolute atomic E-state index is 0.115. The number of para-hydroxylation sites is 2. The van der Waals surface area contributed by atoms with Gasteiger partial charge >= 0.3 is 0 Å². The molecule has 1 amide bonds. The monoisotopic (exact) mass is 288 g/mol. The Morgan fingerprint density at radius 2 is 2.33 bits per heavy atom. The number of ether oxygens (including phenoxy) is 1. The number of aromatic nitrogens is 2. The Bertz CT molecular complexity index is 631. The lowest BCUT2D eigenvalue weighted by Crippen LogP contribution is -2.54. The number of nitrogens with zero attached hydrogens (tertiary/aromatic N) is 2. The molecule has 0 saturated carbocycles. The van der Waals surface area contributed by atoms with Gasteiger partial charge in [0.25, 0.3) is 0 Å². The van der Waals surface area contributed by atoms with Crippen molar-refractivity contribution in [3.63, 3.8) is 0 Å². The van der Waals surface area contributed by atoms with Crippen LogP contribution in [0.1, 0.15) is 12.8 Å². The first-order chi connectivity index (χ1) is 10.2. The van der Waals surface area contributed by atoms with E-state index >= 15 is 0 Å². The van der Waals surface area contributed by atoms with Crippen molar-refractivity contribution in [1.29, 1.82) is 0 Å². The molecular weight excluding hydrogens is 268 g/mol. The fourth-order valence-electron chi connectivity index (χ4n) is 2.58. The minimum atomic E-state index is -0.846. The number of fused-ring (bicyclic) bond motifs is 1. The first-order valence-corrected chi connectivity index (χ1v) is 7.24. The summed E-state index contributed by atoms with van der Waals surface area (Å²) in [5, 5.41) is 2.90. The number of benzene rings is 1. The molecule has 0 bridgehead atoms. The highest BCUT2D eigenvalue weighted by Crippen LogP contribution is 2.15. The highest BCUT2D eigenvalue weighted by atomic mass is 16.5. The third-order valence-electron chi connectivity index (χ3n) is 3.89. The van der Waals surface area contributed by atoms with Crippen LogP contribution in [0, 0.1) is 0 Å². The predicted molar refractivity (Wildman–Crippen MR) is 79.7 cm³/mol. The Labute approximate surface area is 123 Å². The van der Waals surface area contributed by atoms with Crippen LogP contribution in [0.25, 0.3) is 11.0 Å². The number of carbonyl (C=O) groups excluding carboxylic acids is 1. The summed E-state index contributed by atoms with van der Waals surface area (Å²) in [6, 6.07) is 8.02. The van der Waals surface area contributed by atoms with E-state index in [1.165, 1.54) is 0 Å². The Balaban J connectivity index is 1.49. The van der Waals surface area contributed by atoms with Crippen molar-refractivity contribution >= 4 is 16.9 Å². The second-order valence-electron chi connectivity index (χ2n) is 5.49. The Kier molecular flexibility index (Phi) is 3.90. The summed E-state index contributed by atoms with van der Waals surface area (Å²) in [5.41, 5.74) is 7.26. The van der Waals surface area contributed by atoms with Gasteiger partial charge in [0.05, 0.1) is 24.0 Å². The number of carbonyl (C=O) groups is 1. The van der Waals surface area contributed by atoms with Crippen molar-refractivity contribution in [3.8, 4) is 0 Å². The molecule has 3 N–H and O–H groups in total. The van der Waals surface area contributed by atoms with E-state index < -0.39 is 5.54 Å². The molecule has 6 heteroatoms. The van der Waals surface area contributed by atoms with Gasteiger partial charge in [-0.05, 0) is 25.0 Å². The largest absolute Gasteiger partial charge is 0.379 e. The molecule has 6 nitrogen and oxygen atoms in total. The molecule has 1 aliphatic rings. The third-order valence-corrected chi connectivity index (χ3v) is 3.89. The minimum Gasteiger partial charge on any atom is -0.379 e. The van der Waals surface area contributed by atoms with Gasteiger partial charge in [-0.25, -0.2) is 4.98 Å². The topological polar surface area (TPSA) is 82.2 Å². The lowest BCUT2D eigenvalue weighted by molar-refractivity contribution is -0.126. The highest BCUT2D eigenvalue weighted by Gasteiger charge is 2.37. The molecule has 1 fully saturated rings. The average molecular weight is 288 g/mol. The fraction of sp³-hybridized carbons (Fsp3) is 0.467. The second-order valence-corrected chi connectivity index (χ2v) is 5.49. The molecule has 3 rings (SSSR count). The molecule has 1 unspecified atom stereocenters. The zero-order valence-electron chi connectivity index (χ0n) is 11.9. The maximum atomic E-state index is 12.0. The van der Waals surface area contributed by atoms with Crippen LogP contribution in [0.4, 0.5) is 0 Å². The molecule has 0 aliphatic carbocycles. The quantitative estimate of drug-likeness (QED) is 0.792. The number of amides is 1. The van der Waals surface area contributed by atoms with Crippen LogP contribution in [-0.4, -0.2) is 40.8 Å². The maximum Gasteiger partial charge on any atom is 0.242 e. The second kappa shape index (κ2) is 5.83. The van der Waals surface area contributed by atoms with E-state index in [0.29, 0.717) is 26.2 Å². The number of nitrogens with one attached hydrogen (secondary N) is 1. The standard InChI is InChI=1S/C15H20N4O2/c16-15(6-9-21-10-15)14(20)17-7-3-8-19-11-18-12-4-1-2-5-13(12)19/h1-2,4-5,11H,3,6-10,16H2,(H,17,20). The highest BCUT2D eigenvalue weighted by molar-refractivity contribution is 5.86. The third kappa shape index (κ3) is 2.91. The van der Waals surface area contributed by atoms with Crippen molar-refractivity contribution in [2.75, 3.05) is 19.8 Å². The molecule has 1 saturated heterocycles. The van der Waals surface area contributed by atoms with E-state index in [1.54, 1.807) is 0 Å². The zero-order valence-corrected chi connectivity index (χ0v) is 11.9. The maximum absolute atomic E-state index is 12.0. The molecule has 0 spiro atoms. The van der Waals surface area contributed by atoms with Crippen LogP contribution in [0.5, 0.6) is 0 Å². The number of aryl methyl sites for hydroxylation is 1. The van der Waals surface area contributed by atoms with E-state index in [4.69, 9.17) is 10.5 Å². The van der Waals surface area contributed by atoms with Crippen molar-refractivity contribution in [1.82, 2.24) is 14.9 Å². The average Bonchev–Trinajstić information content (AvgIpc) is 3.11. The Morgan fingerprint density at radius 1 is 1.48 bits per heavy atom. The molecular formula is C15H20N4O2. The number of rotatable bonds is 5. The molecule has 0 radical (unpaired) electrons. The molecule has 21 heavy (non-hydrogen) atoms. The smallest absolute Gasteiger partial charge is 0.242 e. The van der Waals surface area contributed by atoms with E-state index in [9.17, 15) is 4.79 Å². The summed E-state index contributed by atoms with van der Waals surface area (Å²) in [6.07, 6.45) is 3.26. The van der Waals surface area contributed by atoms with Crippen LogP contribution >= 0.6 is 0 Å². The molecule has 1 atom stereocenters. The van der Waals surface area contributed by atoms with Crippen LogP contribution in [0.3, 0.4) is 0 Å². The van der Waals surface area contributed by atoms with Gasteiger partial charge < -0.3 is 20.4 Å². The van der Waals surface area contributed by atoms with Crippen LogP contribution in [0.15, 0.2) is 30.6 Å². The first kappa shape index (κ1) is 14.0. The van der Waals surface area contributed by atoms with Gasteiger partial charge in [-0.15, -0.1) is 0 Å². The van der Waals surface area contributed by atoms with Gasteiger partial charge in [0.2, 0.25) is 5.91 Å². The van der Waals surface area contributed by atoms with Gasteiger partial charge in [-0.2, -0.15) is 0 Å². The SMILES string of the molecule is NC1(C(=O)NCCCn2cnc3ccccc32)CCOC1. The summed E-state index contributed by atoms with van der Waals surface area (Å²) in [4.78, 5) is 16.4. The van der Waals surface area contributed by atoms with Crippen molar-refractivity contribution in [3.05, 3.63) is 30.6 Å². The summed E-state index contributed by atoms with van der Waals surface area (Å²) in [6.45, 7) is 2.29. The van der Waals surface area contributed by atoms with Gasteiger partial charge in [0, 0.05) is 19.7 Å². The van der Waals surface area contributed by atoms with Crippen molar-refractivity contribution in [2.45, 2.75) is 24.9 Å². The first-order valence-electron chi connectivity index (χ1n) is 7.24. The van der Waals surface area contributed by atoms with Gasteiger partial charge in [-0.3, -0.25) is 4.79 Å². The normalized spacial score (nSPS) is 21.8. The van der Waals surface area contributed by atoms with Crippen LogP contribution in [0.2, 0.25) is 0 Å². The number of hydrogen-bond acceptors (Lipinski definition) is 4. The predicted octanol–water partition coefficient (Wildman–Crippen LogP) is 0.660. The summed E-state index contributed by atoms with van der Waals surface area (Å²) in [5.74, 6) is -0.115. The molecule has 112 valence electrons. The molecule has 1 aromatic heterocycles. The van der Waals surface area contributed by atoms with Crippen LogP contribution in [-0.2, 0) is 16.1 Å². The van der Waals surface area contributed by atoms with Gasteiger partial charge in [0.1, 0.15) is 5.54 Å². The molecule has 2 aromatic rings. The van der Waals surface area contributed by atoms with E-state index in [1.807, 2.05) is 30.6 Å². The summed E-state index contributed by atoms with van der Waals surface area (Å²) >= 11 is 0. The summed E-state index contributed by atoms with van der Waals surface area (Å²) < 4.78 is 7.29. The van der Waals surface area contributed by atoms with Crippen molar-refractivity contribution in [2.24, 2.45) is 5.73 Å². The van der Waals surface area contributed by atoms with Gasteiger partial charge in [0.15, 0.2) is 0 Å². The Hall–Kier alpha value is -1.92. The van der Waals surface area contributed by atoms with E-state index in [2.05, 4.69) is 14.9 Å². The lowest BCUT2D eigenvalue weighted by atomic mass is 9.99. The molecule has 2 heterocycles.